The molecular weight excluding hydrogens is 434 g/mol. The van der Waals surface area contributed by atoms with Crippen LogP contribution in [0.15, 0.2) is 65.6 Å². The van der Waals surface area contributed by atoms with Crippen LogP contribution in [0.2, 0.25) is 0 Å². The lowest BCUT2D eigenvalue weighted by Crippen LogP contribution is -2.28. The fourth-order valence-electron chi connectivity index (χ4n) is 3.71. The zero-order valence-electron chi connectivity index (χ0n) is 17.4. The molecule has 1 aromatic heterocycles. The zero-order valence-corrected chi connectivity index (χ0v) is 18.2. The molecule has 32 heavy (non-hydrogen) atoms. The van der Waals surface area contributed by atoms with Crippen LogP contribution in [0.5, 0.6) is 0 Å². The Balaban J connectivity index is 1.86. The highest BCUT2D eigenvalue weighted by atomic mass is 32.1. The highest BCUT2D eigenvalue weighted by Crippen LogP contribution is 2.41. The van der Waals surface area contributed by atoms with E-state index in [2.05, 4.69) is 0 Å². The van der Waals surface area contributed by atoms with Crippen LogP contribution in [-0.4, -0.2) is 35.8 Å². The molecule has 4 rings (SSSR count). The lowest BCUT2D eigenvalue weighted by molar-refractivity contribution is -0.140. The maximum atomic E-state index is 13.8. The van der Waals surface area contributed by atoms with Crippen molar-refractivity contribution in [2.75, 3.05) is 19.0 Å². The van der Waals surface area contributed by atoms with Gasteiger partial charge in [-0.05, 0) is 47.3 Å². The quantitative estimate of drug-likeness (QED) is 0.345. The van der Waals surface area contributed by atoms with Gasteiger partial charge in [0.15, 0.2) is 11.6 Å². The van der Waals surface area contributed by atoms with E-state index in [4.69, 9.17) is 0 Å². The molecule has 1 atom stereocenters. The van der Waals surface area contributed by atoms with E-state index in [1.165, 1.54) is 22.3 Å². The van der Waals surface area contributed by atoms with Crippen molar-refractivity contribution < 1.29 is 23.5 Å². The van der Waals surface area contributed by atoms with E-state index >= 15 is 0 Å². The van der Waals surface area contributed by atoms with Crippen molar-refractivity contribution in [3.05, 3.63) is 93.2 Å². The minimum Gasteiger partial charge on any atom is -0.507 e. The van der Waals surface area contributed by atoms with Crippen molar-refractivity contribution in [1.82, 2.24) is 4.90 Å². The maximum absolute atomic E-state index is 13.8. The summed E-state index contributed by atoms with van der Waals surface area (Å²) in [5, 5.41) is 12.8. The normalized spacial score (nSPS) is 17.8. The number of hydrogen-bond acceptors (Lipinski definition) is 5. The average Bonchev–Trinajstić information content (AvgIpc) is 3.37. The maximum Gasteiger partial charge on any atom is 0.295 e. The van der Waals surface area contributed by atoms with Crippen molar-refractivity contribution in [2.45, 2.75) is 12.6 Å². The predicted octanol–water partition coefficient (Wildman–Crippen LogP) is 4.71. The van der Waals surface area contributed by atoms with Crippen molar-refractivity contribution in [1.29, 1.82) is 0 Å². The summed E-state index contributed by atoms with van der Waals surface area (Å²) in [5.41, 5.74) is 1.31. The molecule has 1 saturated heterocycles. The van der Waals surface area contributed by atoms with Gasteiger partial charge < -0.3 is 14.9 Å². The molecule has 2 heterocycles. The predicted molar refractivity (Wildman–Crippen MR) is 119 cm³/mol. The summed E-state index contributed by atoms with van der Waals surface area (Å²) in [6.07, 6.45) is 0. The van der Waals surface area contributed by atoms with Gasteiger partial charge in [-0.15, -0.1) is 11.3 Å². The van der Waals surface area contributed by atoms with Crippen LogP contribution in [0.25, 0.3) is 5.76 Å². The minimum absolute atomic E-state index is 0.0760. The van der Waals surface area contributed by atoms with E-state index in [9.17, 15) is 23.5 Å². The first-order valence-electron chi connectivity index (χ1n) is 9.81. The summed E-state index contributed by atoms with van der Waals surface area (Å²) in [5.74, 6) is -4.41. The van der Waals surface area contributed by atoms with E-state index in [1.807, 2.05) is 48.6 Å². The molecule has 1 N–H and O–H groups in total. The standard InChI is InChI=1S/C24H20F2N2O3S/c1-27(2)16-8-5-14(6-9-16)21-20(22(29)15-7-10-18(25)19(26)12-15)23(30)24(31)28(21)13-17-4-3-11-32-17/h3-12,21,29H,13H2,1-2H3/b22-20+. The van der Waals surface area contributed by atoms with Crippen LogP contribution in [0.4, 0.5) is 14.5 Å². The largest absolute Gasteiger partial charge is 0.507 e. The highest BCUT2D eigenvalue weighted by Gasteiger charge is 2.46. The van der Waals surface area contributed by atoms with Gasteiger partial charge in [-0.1, -0.05) is 18.2 Å². The van der Waals surface area contributed by atoms with E-state index in [0.717, 1.165) is 22.7 Å². The highest BCUT2D eigenvalue weighted by molar-refractivity contribution is 7.09. The Morgan fingerprint density at radius 1 is 1.06 bits per heavy atom. The minimum atomic E-state index is -1.16. The third-order valence-corrected chi connectivity index (χ3v) is 6.23. The molecule has 1 unspecified atom stereocenters. The van der Waals surface area contributed by atoms with Crippen LogP contribution >= 0.6 is 11.3 Å². The molecule has 0 bridgehead atoms. The Bertz CT molecular complexity index is 1200. The lowest BCUT2D eigenvalue weighted by atomic mass is 9.95. The summed E-state index contributed by atoms with van der Waals surface area (Å²) >= 11 is 1.44. The average molecular weight is 454 g/mol. The van der Waals surface area contributed by atoms with Gasteiger partial charge in [0.05, 0.1) is 18.2 Å². The van der Waals surface area contributed by atoms with E-state index in [-0.39, 0.29) is 17.7 Å². The monoisotopic (exact) mass is 454 g/mol. The van der Waals surface area contributed by atoms with Gasteiger partial charge in [-0.2, -0.15) is 0 Å². The number of aliphatic hydroxyl groups is 1. The third-order valence-electron chi connectivity index (χ3n) is 5.36. The number of benzene rings is 2. The van der Waals surface area contributed by atoms with Gasteiger partial charge in [0.2, 0.25) is 0 Å². The second-order valence-electron chi connectivity index (χ2n) is 7.62. The Hall–Kier alpha value is -3.52. The number of anilines is 1. The Morgan fingerprint density at radius 3 is 2.38 bits per heavy atom. The molecule has 1 aliphatic rings. The fourth-order valence-corrected chi connectivity index (χ4v) is 4.42. The second kappa shape index (κ2) is 8.55. The molecule has 8 heteroatoms. The van der Waals surface area contributed by atoms with Gasteiger partial charge in [0.1, 0.15) is 5.76 Å². The number of ketones is 1. The second-order valence-corrected chi connectivity index (χ2v) is 8.65. The number of carbonyl (C=O) groups is 2. The first kappa shape index (κ1) is 21.7. The third kappa shape index (κ3) is 3.89. The number of thiophene rings is 1. The van der Waals surface area contributed by atoms with Crippen LogP contribution in [-0.2, 0) is 16.1 Å². The molecule has 2 aromatic carbocycles. The van der Waals surface area contributed by atoms with Gasteiger partial charge in [0.25, 0.3) is 11.7 Å². The van der Waals surface area contributed by atoms with Crippen LogP contribution in [0.3, 0.4) is 0 Å². The zero-order chi connectivity index (χ0) is 23.0. The van der Waals surface area contributed by atoms with Gasteiger partial charge in [-0.25, -0.2) is 8.78 Å². The van der Waals surface area contributed by atoms with Crippen molar-refractivity contribution in [3.8, 4) is 0 Å². The van der Waals surface area contributed by atoms with Crippen LogP contribution in [0.1, 0.15) is 22.0 Å². The van der Waals surface area contributed by atoms with Gasteiger partial charge >= 0.3 is 0 Å². The number of carbonyl (C=O) groups excluding carboxylic acids is 2. The van der Waals surface area contributed by atoms with E-state index in [0.29, 0.717) is 5.56 Å². The van der Waals surface area contributed by atoms with Crippen LogP contribution in [0, 0.1) is 11.6 Å². The molecule has 0 spiro atoms. The lowest BCUT2D eigenvalue weighted by Gasteiger charge is -2.25. The number of likely N-dealkylation sites (tertiary alicyclic amines) is 1. The summed E-state index contributed by atoms with van der Waals surface area (Å²) in [7, 11) is 3.78. The summed E-state index contributed by atoms with van der Waals surface area (Å²) in [6.45, 7) is 0.177. The Morgan fingerprint density at radius 2 is 1.78 bits per heavy atom. The van der Waals surface area contributed by atoms with Gasteiger partial charge in [-0.3, -0.25) is 9.59 Å². The molecule has 0 saturated carbocycles. The Kier molecular flexibility index (Phi) is 5.80. The number of amides is 1. The van der Waals surface area contributed by atoms with E-state index < -0.39 is 35.1 Å². The number of aliphatic hydroxyl groups excluding tert-OH is 1. The first-order valence-corrected chi connectivity index (χ1v) is 10.7. The molecule has 0 radical (unpaired) electrons. The molecule has 5 nitrogen and oxygen atoms in total. The molecule has 0 aliphatic carbocycles. The van der Waals surface area contributed by atoms with E-state index in [1.54, 1.807) is 12.1 Å². The van der Waals surface area contributed by atoms with Crippen molar-refractivity contribution >= 4 is 34.5 Å². The number of halogens is 2. The molecular formula is C24H20F2N2O3S. The Labute approximate surface area is 187 Å². The smallest absolute Gasteiger partial charge is 0.295 e. The van der Waals surface area contributed by atoms with Crippen molar-refractivity contribution in [2.24, 2.45) is 0 Å². The molecule has 3 aromatic rings. The molecule has 1 amide bonds. The summed E-state index contributed by atoms with van der Waals surface area (Å²) in [4.78, 5) is 30.1. The first-order chi connectivity index (χ1) is 15.3. The topological polar surface area (TPSA) is 60.9 Å². The van der Waals surface area contributed by atoms with Crippen molar-refractivity contribution in [3.63, 3.8) is 0 Å². The number of Topliss-reactive ketones (excluding diaryl/α,β-unsaturated/α-hetero) is 1. The fraction of sp³-hybridized carbons (Fsp3) is 0.167. The SMILES string of the molecule is CN(C)c1ccc(C2/C(=C(\O)c3ccc(F)c(F)c3)C(=O)C(=O)N2Cc2cccs2)cc1. The number of nitrogens with zero attached hydrogens (tertiary/aromatic N) is 2. The van der Waals surface area contributed by atoms with Gasteiger partial charge in [0, 0.05) is 30.2 Å². The summed E-state index contributed by atoms with van der Waals surface area (Å²) < 4.78 is 27.2. The number of rotatable bonds is 5. The molecule has 1 aliphatic heterocycles. The number of hydrogen-bond donors (Lipinski definition) is 1. The molecule has 164 valence electrons. The molecule has 1 fully saturated rings. The summed E-state index contributed by atoms with van der Waals surface area (Å²) in [6, 6.07) is 12.9. The van der Waals surface area contributed by atoms with Crippen LogP contribution < -0.4 is 4.90 Å².